The van der Waals surface area contributed by atoms with E-state index in [1.807, 2.05) is 0 Å². The summed E-state index contributed by atoms with van der Waals surface area (Å²) in [4.78, 5) is 11.3. The quantitative estimate of drug-likeness (QED) is 0.436. The smallest absolute Gasteiger partial charge is 0.303 e. The van der Waals surface area contributed by atoms with Crippen molar-refractivity contribution in [3.05, 3.63) is 23.3 Å². The summed E-state index contributed by atoms with van der Waals surface area (Å²) >= 11 is 0. The summed E-state index contributed by atoms with van der Waals surface area (Å²) in [6.07, 6.45) is 18.3. The van der Waals surface area contributed by atoms with Gasteiger partial charge in [0.15, 0.2) is 0 Å². The first kappa shape index (κ1) is 23.1. The van der Waals surface area contributed by atoms with E-state index < -0.39 is 5.97 Å². The molecular formula is C29H46O2. The molecule has 8 atom stereocenters. The third-order valence-corrected chi connectivity index (χ3v) is 10.6. The standard InChI is InChI=1S/C29H46O2/c1-19(2)7-6-8-20(3)24-11-12-25-23-10-9-22-17-21(18-27(30)31)13-15-28(22,4)26(23)14-16-29(24,25)5/h7,9,20-21,23-26H,6,8,10-18H2,1-5H3,(H,30,31)/t20-,21?,23+,24-,25+,26+,28+,29-/m1/s1. The van der Waals surface area contributed by atoms with Crippen LogP contribution in [0.15, 0.2) is 23.3 Å². The molecule has 4 aliphatic rings. The fraction of sp³-hybridized carbons (Fsp3) is 0.828. The van der Waals surface area contributed by atoms with Crippen molar-refractivity contribution in [3.63, 3.8) is 0 Å². The highest BCUT2D eigenvalue weighted by Crippen LogP contribution is 2.67. The van der Waals surface area contributed by atoms with E-state index in [4.69, 9.17) is 0 Å². The molecule has 1 N–H and O–H groups in total. The van der Waals surface area contributed by atoms with Crippen LogP contribution in [0.1, 0.15) is 105 Å². The number of hydrogen-bond acceptors (Lipinski definition) is 1. The van der Waals surface area contributed by atoms with Gasteiger partial charge in [0, 0.05) is 6.42 Å². The maximum atomic E-state index is 11.3. The maximum Gasteiger partial charge on any atom is 0.303 e. The maximum absolute atomic E-state index is 11.3. The zero-order chi connectivity index (χ0) is 22.4. The van der Waals surface area contributed by atoms with E-state index in [0.29, 0.717) is 23.2 Å². The van der Waals surface area contributed by atoms with Gasteiger partial charge in [-0.25, -0.2) is 0 Å². The second kappa shape index (κ2) is 8.71. The predicted octanol–water partition coefficient (Wildman–Crippen LogP) is 8.04. The summed E-state index contributed by atoms with van der Waals surface area (Å²) in [6.45, 7) is 12.2. The molecule has 0 saturated heterocycles. The fourth-order valence-electron chi connectivity index (χ4n) is 8.97. The zero-order valence-corrected chi connectivity index (χ0v) is 20.8. The molecule has 0 bridgehead atoms. The number of carboxylic acid groups (broad SMARTS) is 1. The molecule has 4 rings (SSSR count). The number of allylic oxidation sites excluding steroid dienone is 4. The molecule has 2 nitrogen and oxygen atoms in total. The van der Waals surface area contributed by atoms with E-state index in [1.165, 1.54) is 56.9 Å². The minimum absolute atomic E-state index is 0.340. The van der Waals surface area contributed by atoms with Crippen molar-refractivity contribution < 1.29 is 9.90 Å². The average Bonchev–Trinajstić information content (AvgIpc) is 3.05. The Morgan fingerprint density at radius 2 is 1.94 bits per heavy atom. The molecule has 4 aliphatic carbocycles. The molecule has 31 heavy (non-hydrogen) atoms. The van der Waals surface area contributed by atoms with E-state index in [2.05, 4.69) is 46.8 Å². The number of carbonyl (C=O) groups is 1. The van der Waals surface area contributed by atoms with Crippen molar-refractivity contribution in [2.24, 2.45) is 46.3 Å². The van der Waals surface area contributed by atoms with Gasteiger partial charge in [0.2, 0.25) is 0 Å². The van der Waals surface area contributed by atoms with Crippen molar-refractivity contribution in [1.82, 2.24) is 0 Å². The summed E-state index contributed by atoms with van der Waals surface area (Å²) in [5.41, 5.74) is 3.96. The Morgan fingerprint density at radius 3 is 2.65 bits per heavy atom. The van der Waals surface area contributed by atoms with E-state index in [9.17, 15) is 9.90 Å². The lowest BCUT2D eigenvalue weighted by atomic mass is 9.46. The van der Waals surface area contributed by atoms with Gasteiger partial charge in [-0.05, 0) is 124 Å². The summed E-state index contributed by atoms with van der Waals surface area (Å²) in [5.74, 6) is 4.06. The number of rotatable bonds is 6. The van der Waals surface area contributed by atoms with Gasteiger partial charge in [0.05, 0.1) is 0 Å². The number of carboxylic acids is 1. The number of aliphatic carboxylic acids is 1. The molecule has 0 radical (unpaired) electrons. The molecule has 1 unspecified atom stereocenters. The van der Waals surface area contributed by atoms with Crippen LogP contribution in [-0.4, -0.2) is 11.1 Å². The molecule has 2 heteroatoms. The van der Waals surface area contributed by atoms with Crippen LogP contribution in [0.25, 0.3) is 0 Å². The average molecular weight is 427 g/mol. The minimum Gasteiger partial charge on any atom is -0.481 e. The third-order valence-electron chi connectivity index (χ3n) is 10.6. The van der Waals surface area contributed by atoms with Crippen LogP contribution < -0.4 is 0 Å². The molecule has 0 aromatic heterocycles. The van der Waals surface area contributed by atoms with Crippen LogP contribution in [0.3, 0.4) is 0 Å². The van der Waals surface area contributed by atoms with Gasteiger partial charge in [0.25, 0.3) is 0 Å². The molecule has 0 aromatic carbocycles. The Balaban J connectivity index is 1.48. The van der Waals surface area contributed by atoms with Gasteiger partial charge in [-0.3, -0.25) is 4.79 Å². The third kappa shape index (κ3) is 4.18. The predicted molar refractivity (Wildman–Crippen MR) is 129 cm³/mol. The molecular weight excluding hydrogens is 380 g/mol. The van der Waals surface area contributed by atoms with E-state index in [-0.39, 0.29) is 0 Å². The van der Waals surface area contributed by atoms with E-state index >= 15 is 0 Å². The van der Waals surface area contributed by atoms with Crippen molar-refractivity contribution in [3.8, 4) is 0 Å². The molecule has 0 aromatic rings. The lowest BCUT2D eigenvalue weighted by Gasteiger charge is -2.58. The molecule has 3 fully saturated rings. The molecule has 0 aliphatic heterocycles. The van der Waals surface area contributed by atoms with Gasteiger partial charge >= 0.3 is 5.97 Å². The van der Waals surface area contributed by atoms with Crippen LogP contribution in [0.4, 0.5) is 0 Å². The summed E-state index contributed by atoms with van der Waals surface area (Å²) < 4.78 is 0. The molecule has 174 valence electrons. The van der Waals surface area contributed by atoms with Crippen LogP contribution in [-0.2, 0) is 4.79 Å². The lowest BCUT2D eigenvalue weighted by molar-refractivity contribution is -0.138. The van der Waals surface area contributed by atoms with Crippen molar-refractivity contribution in [2.45, 2.75) is 105 Å². The first-order valence-corrected chi connectivity index (χ1v) is 13.2. The summed E-state index contributed by atoms with van der Waals surface area (Å²) in [7, 11) is 0. The minimum atomic E-state index is -0.618. The molecule has 0 spiro atoms. The Hall–Kier alpha value is -1.05. The highest BCUT2D eigenvalue weighted by Gasteiger charge is 2.59. The highest BCUT2D eigenvalue weighted by atomic mass is 16.4. The summed E-state index contributed by atoms with van der Waals surface area (Å²) in [6, 6.07) is 0. The van der Waals surface area contributed by atoms with Crippen molar-refractivity contribution in [2.75, 3.05) is 0 Å². The first-order valence-electron chi connectivity index (χ1n) is 13.2. The Morgan fingerprint density at radius 1 is 1.16 bits per heavy atom. The van der Waals surface area contributed by atoms with E-state index in [1.54, 1.807) is 5.57 Å². The molecule has 0 heterocycles. The van der Waals surface area contributed by atoms with Gasteiger partial charge in [-0.15, -0.1) is 0 Å². The topological polar surface area (TPSA) is 37.3 Å². The Kier molecular flexibility index (Phi) is 6.50. The SMILES string of the molecule is CC(C)=CCC[C@@H](C)[C@H]1CC[C@H]2[C@@H]3CC=C4CC(CC(=O)O)CC[C@]4(C)[C@H]3CC[C@]12C. The largest absolute Gasteiger partial charge is 0.481 e. The molecule has 3 saturated carbocycles. The summed E-state index contributed by atoms with van der Waals surface area (Å²) in [5, 5.41) is 9.27. The van der Waals surface area contributed by atoms with Crippen molar-refractivity contribution in [1.29, 1.82) is 0 Å². The normalized spacial score (nSPS) is 42.6. The zero-order valence-electron chi connectivity index (χ0n) is 20.8. The Bertz CT molecular complexity index is 744. The monoisotopic (exact) mass is 426 g/mol. The van der Waals surface area contributed by atoms with Crippen LogP contribution in [0.5, 0.6) is 0 Å². The Labute approximate surface area is 191 Å². The first-order chi connectivity index (χ1) is 14.6. The fourth-order valence-corrected chi connectivity index (χ4v) is 8.97. The lowest BCUT2D eigenvalue weighted by Crippen LogP contribution is -2.50. The second-order valence-corrected chi connectivity index (χ2v) is 12.5. The van der Waals surface area contributed by atoms with Crippen LogP contribution >= 0.6 is 0 Å². The number of hydrogen-bond donors (Lipinski definition) is 1. The second-order valence-electron chi connectivity index (χ2n) is 12.5. The highest BCUT2D eigenvalue weighted by molar-refractivity contribution is 5.67. The van der Waals surface area contributed by atoms with Gasteiger partial charge in [0.1, 0.15) is 0 Å². The van der Waals surface area contributed by atoms with E-state index in [0.717, 1.165) is 42.4 Å². The van der Waals surface area contributed by atoms with Crippen molar-refractivity contribution >= 4 is 5.97 Å². The van der Waals surface area contributed by atoms with Crippen LogP contribution in [0, 0.1) is 46.3 Å². The van der Waals surface area contributed by atoms with Crippen LogP contribution in [0.2, 0.25) is 0 Å². The van der Waals surface area contributed by atoms with Gasteiger partial charge < -0.3 is 5.11 Å². The molecule has 0 amide bonds. The van der Waals surface area contributed by atoms with Gasteiger partial charge in [-0.2, -0.15) is 0 Å². The number of fused-ring (bicyclic) bond motifs is 5. The van der Waals surface area contributed by atoms with Gasteiger partial charge in [-0.1, -0.05) is 44.1 Å².